The Bertz CT molecular complexity index is 144. The minimum absolute atomic E-state index is 0. The van der Waals surface area contributed by atoms with E-state index in [1.807, 2.05) is 0 Å². The molecule has 92 valence electrons. The van der Waals surface area contributed by atoms with Crippen LogP contribution in [0.3, 0.4) is 0 Å². The molecule has 0 aliphatic carbocycles. The number of rotatable bonds is 2. The van der Waals surface area contributed by atoms with Crippen LogP contribution in [0.2, 0.25) is 0 Å². The zero-order valence-corrected chi connectivity index (χ0v) is 10.8. The standard InChI is InChI=1S/C6H11NO2.3ClH.2H3N/c1-4(2)6(8)9-5(3)7;;;;;/h5H,1,7H2,2-3H3;3*1H;2*1H3. The lowest BCUT2D eigenvalue weighted by molar-refractivity contribution is -0.143. The third-order valence-electron chi connectivity index (χ3n) is 0.641. The Kier molecular flexibility index (Phi) is 49.4. The van der Waals surface area contributed by atoms with Gasteiger partial charge in [-0.05, 0) is 13.8 Å². The summed E-state index contributed by atoms with van der Waals surface area (Å²) >= 11 is 0. The lowest BCUT2D eigenvalue weighted by Crippen LogP contribution is -2.23. The van der Waals surface area contributed by atoms with Crippen LogP contribution in [-0.4, -0.2) is 12.2 Å². The van der Waals surface area contributed by atoms with E-state index in [4.69, 9.17) is 5.73 Å². The number of carbonyl (C=O) groups excluding carboxylic acids is 1. The molecule has 0 aromatic rings. The van der Waals surface area contributed by atoms with E-state index in [1.165, 1.54) is 0 Å². The summed E-state index contributed by atoms with van der Waals surface area (Å²) in [5.41, 5.74) is 5.51. The van der Waals surface area contributed by atoms with E-state index in [0.717, 1.165) is 0 Å². The van der Waals surface area contributed by atoms with Gasteiger partial charge in [0.05, 0.1) is 0 Å². The van der Waals surface area contributed by atoms with Crippen molar-refractivity contribution in [1.29, 1.82) is 0 Å². The van der Waals surface area contributed by atoms with E-state index < -0.39 is 12.2 Å². The summed E-state index contributed by atoms with van der Waals surface area (Å²) in [6.45, 7) is 6.54. The van der Waals surface area contributed by atoms with Crippen molar-refractivity contribution in [2.45, 2.75) is 20.1 Å². The lowest BCUT2D eigenvalue weighted by atomic mass is 10.4. The van der Waals surface area contributed by atoms with Crippen molar-refractivity contribution in [3.05, 3.63) is 12.2 Å². The maximum Gasteiger partial charge on any atom is 0.334 e. The van der Waals surface area contributed by atoms with Crippen molar-refractivity contribution in [2.75, 3.05) is 0 Å². The van der Waals surface area contributed by atoms with Crippen LogP contribution in [0, 0.1) is 0 Å². The summed E-state index contributed by atoms with van der Waals surface area (Å²) in [7, 11) is 0. The molecule has 8 N–H and O–H groups in total. The Labute approximate surface area is 103 Å². The largest absolute Gasteiger partial charge is 0.444 e. The highest BCUT2D eigenvalue weighted by Gasteiger charge is 2.03. The number of halogens is 3. The zero-order valence-electron chi connectivity index (χ0n) is 8.32. The monoisotopic (exact) mass is 271 g/mol. The van der Waals surface area contributed by atoms with Gasteiger partial charge in [0.25, 0.3) is 0 Å². The van der Waals surface area contributed by atoms with E-state index >= 15 is 0 Å². The van der Waals surface area contributed by atoms with Crippen LogP contribution in [0.1, 0.15) is 13.8 Å². The highest BCUT2D eigenvalue weighted by molar-refractivity contribution is 5.87. The highest BCUT2D eigenvalue weighted by atomic mass is 35.5. The molecule has 0 spiro atoms. The van der Waals surface area contributed by atoms with Crippen LogP contribution in [-0.2, 0) is 9.53 Å². The first-order valence-corrected chi connectivity index (χ1v) is 2.66. The maximum atomic E-state index is 10.6. The van der Waals surface area contributed by atoms with Gasteiger partial charge in [-0.1, -0.05) is 6.58 Å². The van der Waals surface area contributed by atoms with Gasteiger partial charge in [0.1, 0.15) is 6.23 Å². The zero-order chi connectivity index (χ0) is 7.44. The van der Waals surface area contributed by atoms with Gasteiger partial charge < -0.3 is 17.0 Å². The van der Waals surface area contributed by atoms with Crippen LogP contribution in [0.15, 0.2) is 12.2 Å². The fourth-order valence-electron chi connectivity index (χ4n) is 0.269. The third kappa shape index (κ3) is 22.7. The van der Waals surface area contributed by atoms with Gasteiger partial charge in [-0.15, -0.1) is 37.2 Å². The number of esters is 1. The molecule has 1 unspecified atom stereocenters. The van der Waals surface area contributed by atoms with Crippen LogP contribution >= 0.6 is 37.2 Å². The Morgan fingerprint density at radius 2 is 1.57 bits per heavy atom. The molecule has 0 saturated heterocycles. The quantitative estimate of drug-likeness (QED) is 0.403. The molecule has 0 aliphatic heterocycles. The molecule has 0 radical (unpaired) electrons. The van der Waals surface area contributed by atoms with Crippen molar-refractivity contribution < 1.29 is 9.53 Å². The van der Waals surface area contributed by atoms with Crippen LogP contribution in [0.25, 0.3) is 0 Å². The topological polar surface area (TPSA) is 122 Å². The summed E-state index contributed by atoms with van der Waals surface area (Å²) in [4.78, 5) is 10.6. The molecule has 0 heterocycles. The van der Waals surface area contributed by atoms with Gasteiger partial charge in [-0.25, -0.2) is 4.79 Å². The molecular formula is C6H20Cl3N3O2. The number of hydrogen-bond acceptors (Lipinski definition) is 5. The fourth-order valence-corrected chi connectivity index (χ4v) is 0.269. The second kappa shape index (κ2) is 18.7. The van der Waals surface area contributed by atoms with E-state index in [9.17, 15) is 4.79 Å². The van der Waals surface area contributed by atoms with E-state index in [1.54, 1.807) is 13.8 Å². The van der Waals surface area contributed by atoms with Gasteiger partial charge >= 0.3 is 5.97 Å². The third-order valence-corrected chi connectivity index (χ3v) is 0.641. The van der Waals surface area contributed by atoms with Gasteiger partial charge in [0.15, 0.2) is 0 Å². The van der Waals surface area contributed by atoms with Crippen molar-refractivity contribution in [2.24, 2.45) is 5.73 Å². The highest BCUT2D eigenvalue weighted by Crippen LogP contribution is 1.92. The molecule has 0 amide bonds. The molecule has 0 rings (SSSR count). The normalized spacial score (nSPS) is 7.93. The molecule has 0 saturated carbocycles. The molecule has 0 fully saturated rings. The molecule has 14 heavy (non-hydrogen) atoms. The second-order valence-electron chi connectivity index (χ2n) is 1.89. The van der Waals surface area contributed by atoms with E-state index in [0.29, 0.717) is 5.57 Å². The molecule has 8 heteroatoms. The Morgan fingerprint density at radius 3 is 1.64 bits per heavy atom. The van der Waals surface area contributed by atoms with Crippen LogP contribution in [0.4, 0.5) is 0 Å². The average Bonchev–Trinajstić information content (AvgIpc) is 1.63. The summed E-state index contributed by atoms with van der Waals surface area (Å²) in [5.74, 6) is -0.440. The average molecular weight is 273 g/mol. The van der Waals surface area contributed by atoms with Crippen LogP contribution < -0.4 is 18.0 Å². The first-order valence-electron chi connectivity index (χ1n) is 2.66. The first-order chi connectivity index (χ1) is 4.04. The summed E-state index contributed by atoms with van der Waals surface area (Å²) < 4.78 is 4.55. The van der Waals surface area contributed by atoms with Gasteiger partial charge in [0, 0.05) is 5.57 Å². The number of hydrogen-bond donors (Lipinski definition) is 3. The predicted molar refractivity (Wildman–Crippen MR) is 66.3 cm³/mol. The van der Waals surface area contributed by atoms with Crippen molar-refractivity contribution in [1.82, 2.24) is 12.3 Å². The SMILES string of the molecule is C=C(C)C(=O)OC(C)N.Cl.Cl.Cl.N.N. The first kappa shape index (κ1) is 37.0. The van der Waals surface area contributed by atoms with Crippen LogP contribution in [0.5, 0.6) is 0 Å². The molecule has 1 atom stereocenters. The predicted octanol–water partition coefficient (Wildman–Crippen LogP) is 2.00. The Balaban J connectivity index is -0.0000000320. The van der Waals surface area contributed by atoms with Gasteiger partial charge in [0.2, 0.25) is 0 Å². The maximum absolute atomic E-state index is 10.6. The molecule has 5 nitrogen and oxygen atoms in total. The summed E-state index contributed by atoms with van der Waals surface area (Å²) in [6, 6.07) is 0. The minimum atomic E-state index is -0.547. The van der Waals surface area contributed by atoms with E-state index in [-0.39, 0.29) is 49.5 Å². The summed E-state index contributed by atoms with van der Waals surface area (Å²) in [5, 5.41) is 0. The number of nitrogens with two attached hydrogens (primary N) is 1. The number of ether oxygens (including phenoxy) is 1. The van der Waals surface area contributed by atoms with Gasteiger partial charge in [-0.2, -0.15) is 0 Å². The molecular weight excluding hydrogens is 252 g/mol. The molecule has 0 aromatic heterocycles. The lowest BCUT2D eigenvalue weighted by Gasteiger charge is -2.05. The Morgan fingerprint density at radius 1 is 1.29 bits per heavy atom. The van der Waals surface area contributed by atoms with E-state index in [2.05, 4.69) is 11.3 Å². The smallest absolute Gasteiger partial charge is 0.334 e. The van der Waals surface area contributed by atoms with Crippen molar-refractivity contribution >= 4 is 43.2 Å². The Hall–Kier alpha value is -0.0400. The van der Waals surface area contributed by atoms with Crippen molar-refractivity contribution in [3.8, 4) is 0 Å². The second-order valence-corrected chi connectivity index (χ2v) is 1.89. The number of carbonyl (C=O) groups is 1. The molecule has 0 aliphatic rings. The molecule has 0 aromatic carbocycles. The molecule has 0 bridgehead atoms. The minimum Gasteiger partial charge on any atom is -0.444 e. The van der Waals surface area contributed by atoms with Crippen molar-refractivity contribution in [3.63, 3.8) is 0 Å². The summed E-state index contributed by atoms with van der Waals surface area (Å²) in [6.07, 6.45) is -0.547. The fraction of sp³-hybridized carbons (Fsp3) is 0.500. The van der Waals surface area contributed by atoms with Gasteiger partial charge in [-0.3, -0.25) is 5.73 Å².